The highest BCUT2D eigenvalue weighted by molar-refractivity contribution is 5.84. The van der Waals surface area contributed by atoms with E-state index in [0.29, 0.717) is 0 Å². The lowest BCUT2D eigenvalue weighted by Gasteiger charge is -2.13. The Balaban J connectivity index is 3.68. The Morgan fingerprint density at radius 3 is 1.61 bits per heavy atom. The van der Waals surface area contributed by atoms with E-state index in [4.69, 9.17) is 38.2 Å². The maximum absolute atomic E-state index is 11.6. The minimum Gasteiger partial charge on any atom is -0.461 e. The molecule has 0 aromatic rings. The molecule has 0 amide bonds. The molecule has 0 N–H and O–H groups in total. The summed E-state index contributed by atoms with van der Waals surface area (Å²) in [5.41, 5.74) is 0. The zero-order valence-electron chi connectivity index (χ0n) is 18.1. The van der Waals surface area contributed by atoms with Gasteiger partial charge in [0.2, 0.25) is 0 Å². The molecule has 0 aromatic heterocycles. The third-order valence-electron chi connectivity index (χ3n) is 3.27. The lowest BCUT2D eigenvalue weighted by molar-refractivity contribution is -0.301. The highest BCUT2D eigenvalue weighted by atomic mass is 17.2. The van der Waals surface area contributed by atoms with Crippen molar-refractivity contribution in [3.63, 3.8) is 0 Å². The predicted octanol–water partition coefficient (Wildman–Crippen LogP) is 0.813. The minimum absolute atomic E-state index is 0.0379. The van der Waals surface area contributed by atoms with Crippen LogP contribution in [0.5, 0.6) is 0 Å². The number of methoxy groups -OCH3 is 2. The number of ketones is 1. The molecule has 0 aromatic carbocycles. The Kier molecular flexibility index (Phi) is 16.8. The van der Waals surface area contributed by atoms with Crippen molar-refractivity contribution >= 4 is 24.1 Å². The van der Waals surface area contributed by atoms with Crippen molar-refractivity contribution in [3.8, 4) is 0 Å². The summed E-state index contributed by atoms with van der Waals surface area (Å²) < 4.78 is 33.1. The Morgan fingerprint density at radius 1 is 0.613 bits per heavy atom. The first-order valence-electron chi connectivity index (χ1n) is 9.40. The zero-order valence-corrected chi connectivity index (χ0v) is 18.1. The molecule has 0 aliphatic heterocycles. The van der Waals surface area contributed by atoms with Gasteiger partial charge >= 0.3 is 18.3 Å². The molecule has 0 spiro atoms. The molecule has 0 saturated heterocycles. The second-order valence-corrected chi connectivity index (χ2v) is 5.73. The van der Waals surface area contributed by atoms with Crippen molar-refractivity contribution in [2.75, 3.05) is 60.5 Å². The van der Waals surface area contributed by atoms with Crippen LogP contribution in [0.3, 0.4) is 0 Å². The van der Waals surface area contributed by atoms with E-state index >= 15 is 0 Å². The average Bonchev–Trinajstić information content (AvgIpc) is 2.73. The van der Waals surface area contributed by atoms with Gasteiger partial charge in [0.1, 0.15) is 33.0 Å². The van der Waals surface area contributed by atoms with Gasteiger partial charge in [0.15, 0.2) is 18.0 Å². The molecule has 2 atom stereocenters. The van der Waals surface area contributed by atoms with Crippen LogP contribution >= 0.6 is 0 Å². The molecular weight excluding hydrogens is 424 g/mol. The predicted molar refractivity (Wildman–Crippen MR) is 100 cm³/mol. The summed E-state index contributed by atoms with van der Waals surface area (Å²) >= 11 is 0. The Labute approximate surface area is 180 Å². The molecule has 0 saturated carbocycles. The lowest BCUT2D eigenvalue weighted by atomic mass is 10.2. The van der Waals surface area contributed by atoms with E-state index in [0.717, 1.165) is 0 Å². The summed E-state index contributed by atoms with van der Waals surface area (Å²) in [6.45, 7) is 2.57. The minimum atomic E-state index is -1.14. The molecule has 0 radical (unpaired) electrons. The molecule has 0 bridgehead atoms. The third kappa shape index (κ3) is 16.0. The van der Waals surface area contributed by atoms with Crippen LogP contribution in [-0.2, 0) is 52.5 Å². The van der Waals surface area contributed by atoms with Gasteiger partial charge in [-0.1, -0.05) is 0 Å². The van der Waals surface area contributed by atoms with Crippen LogP contribution in [-0.4, -0.2) is 96.7 Å². The van der Waals surface area contributed by atoms with E-state index < -0.39 is 30.5 Å². The summed E-state index contributed by atoms with van der Waals surface area (Å²) in [4.78, 5) is 55.3. The van der Waals surface area contributed by atoms with Crippen LogP contribution in [0.2, 0.25) is 0 Å². The van der Waals surface area contributed by atoms with Gasteiger partial charge < -0.3 is 33.2 Å². The first kappa shape index (κ1) is 28.5. The molecule has 0 heterocycles. The van der Waals surface area contributed by atoms with Gasteiger partial charge in [-0.15, -0.1) is 0 Å². The van der Waals surface area contributed by atoms with Crippen molar-refractivity contribution < 1.29 is 62.1 Å². The van der Waals surface area contributed by atoms with Gasteiger partial charge in [-0.25, -0.2) is 24.2 Å². The fourth-order valence-corrected chi connectivity index (χ4v) is 1.66. The van der Waals surface area contributed by atoms with E-state index in [1.54, 1.807) is 0 Å². The van der Waals surface area contributed by atoms with Crippen LogP contribution in [0.15, 0.2) is 0 Å². The monoisotopic (exact) mass is 454 g/mol. The normalized spacial score (nSPS) is 12.4. The molecule has 0 aliphatic rings. The fourth-order valence-electron chi connectivity index (χ4n) is 1.66. The second kappa shape index (κ2) is 18.3. The maximum atomic E-state index is 11.6. The summed E-state index contributed by atoms with van der Waals surface area (Å²) in [5.74, 6) is -1.03. The van der Waals surface area contributed by atoms with Gasteiger partial charge in [0.05, 0.1) is 13.2 Å². The Bertz CT molecular complexity index is 537. The first-order valence-corrected chi connectivity index (χ1v) is 9.40. The third-order valence-corrected chi connectivity index (χ3v) is 3.27. The van der Waals surface area contributed by atoms with Gasteiger partial charge in [-0.05, 0) is 13.8 Å². The number of rotatable bonds is 17. The number of ether oxygens (including phenoxy) is 7. The SMILES string of the molecule is COCCOC(=O)[C@@H](C)OC(=O)OCCOOCCOC(=O)O[C@H](C)C(=O)CCOC. The standard InChI is InChI=1S/C18H30O13/c1-13(15(19)5-6-23-3)30-17(21)26-9-11-28-29-12-10-27-18(22)31-14(2)16(20)25-8-7-24-4/h13-14H,5-12H2,1-4H3/t13-,14-/m1/s1. The summed E-state index contributed by atoms with van der Waals surface area (Å²) in [7, 11) is 2.91. The second-order valence-electron chi connectivity index (χ2n) is 5.73. The highest BCUT2D eigenvalue weighted by Crippen LogP contribution is 2.00. The largest absolute Gasteiger partial charge is 0.509 e. The number of Topliss-reactive ketones (excluding diaryl/α,β-unsaturated/α-hetero) is 1. The van der Waals surface area contributed by atoms with E-state index in [1.807, 2.05) is 0 Å². The van der Waals surface area contributed by atoms with Gasteiger partial charge in [0.25, 0.3) is 0 Å². The van der Waals surface area contributed by atoms with Crippen molar-refractivity contribution in [2.45, 2.75) is 32.5 Å². The quantitative estimate of drug-likeness (QED) is 0.100. The topological polar surface area (TPSA) is 151 Å². The van der Waals surface area contributed by atoms with E-state index in [-0.39, 0.29) is 58.5 Å². The van der Waals surface area contributed by atoms with Crippen molar-refractivity contribution in [3.05, 3.63) is 0 Å². The van der Waals surface area contributed by atoms with Crippen molar-refractivity contribution in [2.24, 2.45) is 0 Å². The van der Waals surface area contributed by atoms with Crippen LogP contribution in [0, 0.1) is 0 Å². The average molecular weight is 454 g/mol. The summed E-state index contributed by atoms with van der Waals surface area (Å²) in [5, 5.41) is 0. The first-order chi connectivity index (χ1) is 14.8. The van der Waals surface area contributed by atoms with Crippen LogP contribution in [0.4, 0.5) is 9.59 Å². The van der Waals surface area contributed by atoms with Crippen LogP contribution in [0.1, 0.15) is 20.3 Å². The summed E-state index contributed by atoms with van der Waals surface area (Å²) in [6.07, 6.45) is -4.08. The number of hydrogen-bond acceptors (Lipinski definition) is 13. The van der Waals surface area contributed by atoms with E-state index in [1.165, 1.54) is 28.1 Å². The number of carbonyl (C=O) groups is 4. The molecule has 180 valence electrons. The number of carbonyl (C=O) groups excluding carboxylic acids is 4. The molecule has 0 rings (SSSR count). The Morgan fingerprint density at radius 2 is 1.10 bits per heavy atom. The number of esters is 1. The molecule has 31 heavy (non-hydrogen) atoms. The van der Waals surface area contributed by atoms with Crippen LogP contribution in [0.25, 0.3) is 0 Å². The van der Waals surface area contributed by atoms with Gasteiger partial charge in [-0.3, -0.25) is 4.79 Å². The molecule has 0 unspecified atom stereocenters. The zero-order chi connectivity index (χ0) is 23.5. The van der Waals surface area contributed by atoms with Crippen molar-refractivity contribution in [1.29, 1.82) is 0 Å². The molecule has 0 fully saturated rings. The van der Waals surface area contributed by atoms with Crippen molar-refractivity contribution in [1.82, 2.24) is 0 Å². The van der Waals surface area contributed by atoms with Gasteiger partial charge in [0, 0.05) is 20.6 Å². The maximum Gasteiger partial charge on any atom is 0.509 e. The van der Waals surface area contributed by atoms with E-state index in [9.17, 15) is 19.2 Å². The fraction of sp³-hybridized carbons (Fsp3) is 0.778. The van der Waals surface area contributed by atoms with E-state index in [2.05, 4.69) is 4.74 Å². The van der Waals surface area contributed by atoms with Gasteiger partial charge in [-0.2, -0.15) is 0 Å². The number of hydrogen-bond donors (Lipinski definition) is 0. The van der Waals surface area contributed by atoms with Crippen LogP contribution < -0.4 is 0 Å². The molecule has 0 aliphatic carbocycles. The molecule has 13 heteroatoms. The highest BCUT2D eigenvalue weighted by Gasteiger charge is 2.20. The molecular formula is C18H30O13. The Hall–Kier alpha value is -2.48. The summed E-state index contributed by atoms with van der Waals surface area (Å²) in [6, 6.07) is 0. The smallest absolute Gasteiger partial charge is 0.461 e. The molecule has 13 nitrogen and oxygen atoms in total. The lowest BCUT2D eigenvalue weighted by Crippen LogP contribution is -2.28.